The first kappa shape index (κ1) is 61.5. The van der Waals surface area contributed by atoms with Crippen LogP contribution in [0.15, 0.2) is 0 Å². The smallest absolute Gasteiger partial charge is 0.319 e. The van der Waals surface area contributed by atoms with Crippen molar-refractivity contribution in [3.63, 3.8) is 0 Å². The monoisotopic (exact) mass is 999 g/mol. The summed E-state index contributed by atoms with van der Waals surface area (Å²) in [4.78, 5) is 41.8. The zero-order chi connectivity index (χ0) is 49.6. The van der Waals surface area contributed by atoms with E-state index in [2.05, 4.69) is 14.2 Å². The second-order valence-electron chi connectivity index (χ2n) is 15.4. The van der Waals surface area contributed by atoms with E-state index < -0.39 is 75.6 Å². The van der Waals surface area contributed by atoms with Gasteiger partial charge >= 0.3 is 23.9 Å². The lowest BCUT2D eigenvalue weighted by molar-refractivity contribution is -0.143. The minimum atomic E-state index is -4.47. The fourth-order valence-corrected chi connectivity index (χ4v) is 12.1. The van der Waals surface area contributed by atoms with Crippen molar-refractivity contribution >= 4 is 64.3 Å². The van der Waals surface area contributed by atoms with Crippen molar-refractivity contribution < 1.29 is 89.6 Å². The van der Waals surface area contributed by atoms with Gasteiger partial charge in [0.2, 0.25) is 0 Å². The van der Waals surface area contributed by atoms with Crippen molar-refractivity contribution in [2.45, 2.75) is 150 Å². The SMILES string of the molecule is C1CC2CCC1C2.CC.CC.CC.CCOC(=O)CS(=O)(=O)[O-].CCOC(=O)CS(=O)(=O)[O-].CCOC(=O)CS(=O)(=O)[O-].O=C1OC2CC3CC1C2C3.O=S1(=O)OC2CC3CC2C1C3. The molecule has 0 aromatic carbocycles. The second-order valence-corrected chi connectivity index (χ2v) is 21.4. The van der Waals surface area contributed by atoms with E-state index in [1.807, 2.05) is 41.5 Å². The van der Waals surface area contributed by atoms with Crippen molar-refractivity contribution in [1.29, 1.82) is 0 Å². The maximum absolute atomic E-state index is 11.3. The molecule has 8 fully saturated rings. The normalized spacial score (nSPS) is 29.2. The fraction of sp³-hybridized carbons (Fsp3) is 0.900. The van der Waals surface area contributed by atoms with Crippen molar-refractivity contribution in [1.82, 2.24) is 0 Å². The lowest BCUT2D eigenvalue weighted by Crippen LogP contribution is -2.21. The van der Waals surface area contributed by atoms with Gasteiger partial charge in [0.25, 0.3) is 10.1 Å². The molecule has 6 aliphatic carbocycles. The van der Waals surface area contributed by atoms with Crippen molar-refractivity contribution in [3.8, 4) is 0 Å². The molecule has 2 heterocycles. The summed E-state index contributed by atoms with van der Waals surface area (Å²) >= 11 is 0. The first-order chi connectivity index (χ1) is 29.8. The quantitative estimate of drug-likeness (QED) is 0.136. The highest BCUT2D eigenvalue weighted by Crippen LogP contribution is 2.55. The maximum atomic E-state index is 11.3. The predicted octanol–water partition coefficient (Wildman–Crippen LogP) is 4.03. The molecule has 8 unspecified atom stereocenters. The van der Waals surface area contributed by atoms with Crippen LogP contribution in [0.1, 0.15) is 133 Å². The van der Waals surface area contributed by atoms with Gasteiger partial charge in [-0.2, -0.15) is 8.42 Å². The fourth-order valence-electron chi connectivity index (χ4n) is 9.05. The molecule has 24 heteroatoms. The molecule has 64 heavy (non-hydrogen) atoms. The highest BCUT2D eigenvalue weighted by atomic mass is 32.2. The van der Waals surface area contributed by atoms with E-state index in [0.717, 1.165) is 38.0 Å². The number of carbonyl (C=O) groups is 4. The molecule has 0 radical (unpaired) electrons. The Labute approximate surface area is 381 Å². The minimum Gasteiger partial charge on any atom is -0.748 e. The van der Waals surface area contributed by atoms with Gasteiger partial charge in [-0.05, 0) is 89.4 Å². The summed E-state index contributed by atoms with van der Waals surface area (Å²) in [5, 5.41) is -0.133. The Morgan fingerprint density at radius 3 is 1.16 bits per heavy atom. The Morgan fingerprint density at radius 1 is 0.547 bits per heavy atom. The Hall–Kier alpha value is -2.48. The van der Waals surface area contributed by atoms with E-state index in [1.54, 1.807) is 32.1 Å². The van der Waals surface area contributed by atoms with Gasteiger partial charge in [0.05, 0.1) is 37.1 Å². The summed E-state index contributed by atoms with van der Waals surface area (Å²) in [5.41, 5.74) is 0. The standard InChI is InChI=1S/C8H10O2.C7H10O3S.C7H12.3C4H8O5S.3C2H6/c9-8-6-2-4-1-5(6)7(3-4)10-8;8-11(9)7-3-4-1-5(7)6(2-4)10-11;1-2-7-4-3-6(1)5-7;3*1-2-9-4(5)3-10(6,7)8;3*1-2/h4-7H,1-3H2;4-7H,1-3H2;6-7H,1-5H2;3*2-3H2,1H3,(H,6,7,8);3*1-2H3/p-3. The molecule has 20 nitrogen and oxygen atoms in total. The largest absolute Gasteiger partial charge is 0.748 e. The van der Waals surface area contributed by atoms with Gasteiger partial charge in [0.1, 0.15) is 53.7 Å². The van der Waals surface area contributed by atoms with Crippen LogP contribution in [0.25, 0.3) is 0 Å². The maximum Gasteiger partial charge on any atom is 0.319 e. The molecule has 0 aromatic rings. The third-order valence-corrected chi connectivity index (χ3v) is 14.6. The molecular formula is C40H71O20S4-3. The van der Waals surface area contributed by atoms with Gasteiger partial charge in [-0.15, -0.1) is 0 Å². The highest BCUT2D eigenvalue weighted by Gasteiger charge is 2.59. The number of esters is 4. The molecule has 8 aliphatic rings. The summed E-state index contributed by atoms with van der Waals surface area (Å²) in [6.45, 7) is 16.8. The zero-order valence-electron chi connectivity index (χ0n) is 38.6. The molecule has 8 rings (SSSR count). The van der Waals surface area contributed by atoms with Crippen molar-refractivity contribution in [2.24, 2.45) is 41.4 Å². The van der Waals surface area contributed by atoms with Crippen LogP contribution in [0.3, 0.4) is 0 Å². The minimum absolute atomic E-state index is 0.0590. The molecule has 6 bridgehead atoms. The molecule has 2 aliphatic heterocycles. The average molecular weight is 1000 g/mol. The van der Waals surface area contributed by atoms with Gasteiger partial charge in [-0.25, -0.2) is 25.3 Å². The molecular weight excluding hydrogens is 929 g/mol. The van der Waals surface area contributed by atoms with Crippen molar-refractivity contribution in [2.75, 3.05) is 37.1 Å². The van der Waals surface area contributed by atoms with E-state index in [-0.39, 0.29) is 37.1 Å². The van der Waals surface area contributed by atoms with Crippen LogP contribution < -0.4 is 0 Å². The molecule has 378 valence electrons. The van der Waals surface area contributed by atoms with E-state index in [4.69, 9.17) is 8.92 Å². The molecule has 2 saturated heterocycles. The van der Waals surface area contributed by atoms with E-state index in [1.165, 1.54) is 39.0 Å². The van der Waals surface area contributed by atoms with Gasteiger partial charge in [0, 0.05) is 11.8 Å². The van der Waals surface area contributed by atoms with Gasteiger partial charge in [0.15, 0.2) is 0 Å². The number of fused-ring (bicyclic) bond motifs is 4. The molecule has 0 spiro atoms. The van der Waals surface area contributed by atoms with Crippen LogP contribution in [-0.4, -0.2) is 126 Å². The molecule has 0 aromatic heterocycles. The molecule has 8 atom stereocenters. The molecule has 0 amide bonds. The van der Waals surface area contributed by atoms with Gasteiger partial charge in [-0.3, -0.25) is 23.4 Å². The number of ether oxygens (including phenoxy) is 4. The van der Waals surface area contributed by atoms with E-state index in [0.29, 0.717) is 29.8 Å². The van der Waals surface area contributed by atoms with Crippen LogP contribution in [0, 0.1) is 41.4 Å². The van der Waals surface area contributed by atoms with Gasteiger partial charge < -0.3 is 32.6 Å². The Morgan fingerprint density at radius 2 is 0.906 bits per heavy atom. The Bertz CT molecular complexity index is 1750. The van der Waals surface area contributed by atoms with Crippen LogP contribution in [0.2, 0.25) is 0 Å². The zero-order valence-corrected chi connectivity index (χ0v) is 41.9. The molecule has 0 N–H and O–H groups in total. The van der Waals surface area contributed by atoms with E-state index >= 15 is 0 Å². The van der Waals surface area contributed by atoms with Crippen LogP contribution in [0.4, 0.5) is 0 Å². The van der Waals surface area contributed by atoms with E-state index in [9.17, 15) is 66.5 Å². The summed E-state index contributed by atoms with van der Waals surface area (Å²) < 4.78 is 134. The van der Waals surface area contributed by atoms with Crippen LogP contribution in [0.5, 0.6) is 0 Å². The first-order valence-electron chi connectivity index (χ1n) is 22.2. The average Bonchev–Trinajstić information content (AvgIpc) is 4.07. The highest BCUT2D eigenvalue weighted by molar-refractivity contribution is 7.87. The Balaban J connectivity index is 0.000000728. The number of carbonyl (C=O) groups excluding carboxylic acids is 4. The lowest BCUT2D eigenvalue weighted by atomic mass is 9.90. The molecule has 6 saturated carbocycles. The number of hydrogen-bond donors (Lipinski definition) is 0. The van der Waals surface area contributed by atoms with Gasteiger partial charge in [-0.1, -0.05) is 67.2 Å². The predicted molar refractivity (Wildman–Crippen MR) is 230 cm³/mol. The third-order valence-electron chi connectivity index (χ3n) is 11.1. The third kappa shape index (κ3) is 22.8. The lowest BCUT2D eigenvalue weighted by Gasteiger charge is -2.11. The van der Waals surface area contributed by atoms with Crippen molar-refractivity contribution in [3.05, 3.63) is 0 Å². The summed E-state index contributed by atoms with van der Waals surface area (Å²) in [5.74, 6) is -1.06. The second kappa shape index (κ2) is 29.3. The first-order valence-corrected chi connectivity index (χ1v) is 28.4. The van der Waals surface area contributed by atoms with Crippen LogP contribution in [-0.2, 0) is 82.8 Å². The topological polar surface area (TPSA) is 320 Å². The number of hydrogen-bond acceptors (Lipinski definition) is 20. The van der Waals surface area contributed by atoms with Crippen LogP contribution >= 0.6 is 0 Å². The summed E-state index contributed by atoms with van der Waals surface area (Å²) in [6.07, 6.45) is 14.7. The number of rotatable bonds is 9. The Kier molecular flexibility index (Phi) is 28.2. The summed E-state index contributed by atoms with van der Waals surface area (Å²) in [7, 11) is -16.5. The summed E-state index contributed by atoms with van der Waals surface area (Å²) in [6, 6.07) is 0.